The molecule has 2 aliphatic heterocycles. The van der Waals surface area contributed by atoms with Crippen LogP contribution in [-0.2, 0) is 4.79 Å². The van der Waals surface area contributed by atoms with Crippen LogP contribution in [0.3, 0.4) is 0 Å². The lowest BCUT2D eigenvalue weighted by molar-refractivity contribution is -0.130. The summed E-state index contributed by atoms with van der Waals surface area (Å²) in [5.41, 5.74) is -0.122. The number of thioether (sulfide) groups is 1. The molecule has 2 aliphatic rings. The van der Waals surface area contributed by atoms with Gasteiger partial charge >= 0.3 is 0 Å². The molecule has 0 spiro atoms. The zero-order valence-electron chi connectivity index (χ0n) is 10.8. The summed E-state index contributed by atoms with van der Waals surface area (Å²) in [6, 6.07) is 0. The van der Waals surface area contributed by atoms with Gasteiger partial charge < -0.3 is 10.6 Å². The first kappa shape index (κ1) is 13.2. The molecule has 2 heterocycles. The number of carbonyl (C=O) groups is 1. The van der Waals surface area contributed by atoms with Gasteiger partial charge in [0.2, 0.25) is 5.91 Å². The van der Waals surface area contributed by atoms with Crippen molar-refractivity contribution >= 4 is 17.7 Å². The number of rotatable bonds is 4. The average Bonchev–Trinajstić information content (AvgIpc) is 2.87. The highest BCUT2D eigenvalue weighted by atomic mass is 32.2. The molecule has 0 aromatic carbocycles. The van der Waals surface area contributed by atoms with Gasteiger partial charge in [-0.15, -0.1) is 0 Å². The Morgan fingerprint density at radius 1 is 1.47 bits per heavy atom. The fraction of sp³-hybridized carbons (Fsp3) is 0.923. The Hall–Kier alpha value is -0.220. The van der Waals surface area contributed by atoms with Crippen LogP contribution in [0.1, 0.15) is 32.6 Å². The molecule has 0 saturated carbocycles. The third-order valence-electron chi connectivity index (χ3n) is 4.29. The number of nitrogens with one attached hydrogen (secondary N) is 2. The predicted octanol–water partition coefficient (Wildman–Crippen LogP) is 1.64. The highest BCUT2D eigenvalue weighted by molar-refractivity contribution is 7.99. The highest BCUT2D eigenvalue weighted by Gasteiger charge is 2.39. The molecule has 4 heteroatoms. The van der Waals surface area contributed by atoms with Gasteiger partial charge in [0.15, 0.2) is 0 Å². The van der Waals surface area contributed by atoms with Gasteiger partial charge in [0.1, 0.15) is 0 Å². The summed E-state index contributed by atoms with van der Waals surface area (Å²) in [6.45, 7) is 4.86. The predicted molar refractivity (Wildman–Crippen MR) is 73.3 cm³/mol. The van der Waals surface area contributed by atoms with Crippen molar-refractivity contribution in [1.29, 1.82) is 0 Å². The second-order valence-electron chi connectivity index (χ2n) is 5.33. The molecule has 1 atom stereocenters. The van der Waals surface area contributed by atoms with Gasteiger partial charge in [-0.1, -0.05) is 6.92 Å². The van der Waals surface area contributed by atoms with Crippen molar-refractivity contribution in [2.45, 2.75) is 32.6 Å². The first-order chi connectivity index (χ1) is 8.27. The van der Waals surface area contributed by atoms with Gasteiger partial charge in [-0.05, 0) is 49.7 Å². The summed E-state index contributed by atoms with van der Waals surface area (Å²) in [5, 5.41) is 6.52. The maximum absolute atomic E-state index is 12.3. The van der Waals surface area contributed by atoms with E-state index in [9.17, 15) is 4.79 Å². The van der Waals surface area contributed by atoms with Crippen LogP contribution in [-0.4, -0.2) is 37.0 Å². The normalized spacial score (nSPS) is 30.4. The highest BCUT2D eigenvalue weighted by Crippen LogP contribution is 2.30. The molecule has 2 N–H and O–H groups in total. The van der Waals surface area contributed by atoms with Crippen LogP contribution < -0.4 is 10.6 Å². The van der Waals surface area contributed by atoms with E-state index in [4.69, 9.17) is 0 Å². The van der Waals surface area contributed by atoms with Crippen LogP contribution in [0.25, 0.3) is 0 Å². The van der Waals surface area contributed by atoms with Gasteiger partial charge in [-0.25, -0.2) is 0 Å². The molecule has 0 radical (unpaired) electrons. The minimum absolute atomic E-state index is 0.122. The Kier molecular flexibility index (Phi) is 4.74. The summed E-state index contributed by atoms with van der Waals surface area (Å²) in [5.74, 6) is 3.52. The number of hydrogen-bond acceptors (Lipinski definition) is 3. The van der Waals surface area contributed by atoms with Gasteiger partial charge in [0, 0.05) is 13.1 Å². The van der Waals surface area contributed by atoms with Gasteiger partial charge in [-0.3, -0.25) is 4.79 Å². The molecule has 0 aromatic rings. The molecule has 2 rings (SSSR count). The fourth-order valence-corrected chi connectivity index (χ4v) is 3.98. The molecule has 1 amide bonds. The van der Waals surface area contributed by atoms with Crippen molar-refractivity contribution in [1.82, 2.24) is 10.6 Å². The van der Waals surface area contributed by atoms with E-state index in [0.29, 0.717) is 5.92 Å². The van der Waals surface area contributed by atoms with Crippen LogP contribution >= 0.6 is 11.8 Å². The van der Waals surface area contributed by atoms with Crippen LogP contribution in [0.4, 0.5) is 0 Å². The minimum atomic E-state index is -0.122. The molecule has 0 aromatic heterocycles. The Morgan fingerprint density at radius 2 is 2.24 bits per heavy atom. The second-order valence-corrected chi connectivity index (χ2v) is 6.55. The van der Waals surface area contributed by atoms with E-state index in [1.165, 1.54) is 24.3 Å². The summed E-state index contributed by atoms with van der Waals surface area (Å²) < 4.78 is 0. The van der Waals surface area contributed by atoms with Crippen LogP contribution in [0.5, 0.6) is 0 Å². The van der Waals surface area contributed by atoms with Crippen molar-refractivity contribution < 1.29 is 4.79 Å². The molecule has 98 valence electrons. The molecule has 0 bridgehead atoms. The van der Waals surface area contributed by atoms with Crippen molar-refractivity contribution in [3.63, 3.8) is 0 Å². The molecule has 17 heavy (non-hydrogen) atoms. The SMILES string of the molecule is CCC1(C(=O)NCC2CCSCC2)CCNC1. The molecule has 2 saturated heterocycles. The van der Waals surface area contributed by atoms with E-state index < -0.39 is 0 Å². The smallest absolute Gasteiger partial charge is 0.227 e. The Bertz CT molecular complexity index is 258. The minimum Gasteiger partial charge on any atom is -0.355 e. The Morgan fingerprint density at radius 3 is 2.82 bits per heavy atom. The fourth-order valence-electron chi connectivity index (χ4n) is 2.77. The molecular weight excluding hydrogens is 232 g/mol. The Balaban J connectivity index is 1.79. The lowest BCUT2D eigenvalue weighted by Crippen LogP contribution is -2.44. The van der Waals surface area contributed by atoms with Gasteiger partial charge in [0.25, 0.3) is 0 Å². The monoisotopic (exact) mass is 256 g/mol. The van der Waals surface area contributed by atoms with Gasteiger partial charge in [0.05, 0.1) is 5.41 Å². The van der Waals surface area contributed by atoms with Gasteiger partial charge in [-0.2, -0.15) is 11.8 Å². The lowest BCUT2D eigenvalue weighted by Gasteiger charge is -2.28. The number of hydrogen-bond donors (Lipinski definition) is 2. The zero-order chi connectivity index (χ0) is 12.1. The zero-order valence-corrected chi connectivity index (χ0v) is 11.6. The van der Waals surface area contributed by atoms with E-state index in [0.717, 1.165) is 32.5 Å². The molecular formula is C13H24N2OS. The first-order valence-electron chi connectivity index (χ1n) is 6.83. The van der Waals surface area contributed by atoms with Crippen molar-refractivity contribution in [2.24, 2.45) is 11.3 Å². The first-order valence-corrected chi connectivity index (χ1v) is 7.99. The average molecular weight is 256 g/mol. The lowest BCUT2D eigenvalue weighted by atomic mass is 9.83. The second kappa shape index (κ2) is 6.10. The number of carbonyl (C=O) groups excluding carboxylic acids is 1. The van der Waals surface area contributed by atoms with Crippen molar-refractivity contribution in [3.05, 3.63) is 0 Å². The number of amides is 1. The molecule has 0 aliphatic carbocycles. The molecule has 2 fully saturated rings. The van der Waals surface area contributed by atoms with Crippen molar-refractivity contribution in [2.75, 3.05) is 31.1 Å². The van der Waals surface area contributed by atoms with E-state index in [1.807, 2.05) is 11.8 Å². The van der Waals surface area contributed by atoms with E-state index in [2.05, 4.69) is 17.6 Å². The maximum Gasteiger partial charge on any atom is 0.227 e. The third-order valence-corrected chi connectivity index (χ3v) is 5.34. The van der Waals surface area contributed by atoms with E-state index in [-0.39, 0.29) is 11.3 Å². The summed E-state index contributed by atoms with van der Waals surface area (Å²) in [6.07, 6.45) is 4.48. The van der Waals surface area contributed by atoms with E-state index >= 15 is 0 Å². The third kappa shape index (κ3) is 3.16. The summed E-state index contributed by atoms with van der Waals surface area (Å²) >= 11 is 2.04. The van der Waals surface area contributed by atoms with Crippen LogP contribution in [0, 0.1) is 11.3 Å². The Labute approximate surface area is 108 Å². The summed E-state index contributed by atoms with van der Waals surface area (Å²) in [7, 11) is 0. The quantitative estimate of drug-likeness (QED) is 0.803. The topological polar surface area (TPSA) is 41.1 Å². The standard InChI is InChI=1S/C13H24N2OS/c1-2-13(5-6-14-10-13)12(16)15-9-11-3-7-17-8-4-11/h11,14H,2-10H2,1H3,(H,15,16). The van der Waals surface area contributed by atoms with Crippen LogP contribution in [0.15, 0.2) is 0 Å². The molecule has 1 unspecified atom stereocenters. The van der Waals surface area contributed by atoms with E-state index in [1.54, 1.807) is 0 Å². The molecule has 3 nitrogen and oxygen atoms in total. The van der Waals surface area contributed by atoms with Crippen molar-refractivity contribution in [3.8, 4) is 0 Å². The largest absolute Gasteiger partial charge is 0.355 e. The maximum atomic E-state index is 12.3. The van der Waals surface area contributed by atoms with Crippen LogP contribution in [0.2, 0.25) is 0 Å². The summed E-state index contributed by atoms with van der Waals surface area (Å²) in [4.78, 5) is 12.3.